The van der Waals surface area contributed by atoms with Crippen molar-refractivity contribution >= 4 is 17.7 Å². The lowest BCUT2D eigenvalue weighted by Crippen LogP contribution is -2.47. The summed E-state index contributed by atoms with van der Waals surface area (Å²) in [6.07, 6.45) is 3.56. The summed E-state index contributed by atoms with van der Waals surface area (Å²) in [5.41, 5.74) is 0. The number of rotatable bonds is 6. The molecule has 3 unspecified atom stereocenters. The Labute approximate surface area is 120 Å². The van der Waals surface area contributed by atoms with Gasteiger partial charge in [0.05, 0.1) is 19.1 Å². The summed E-state index contributed by atoms with van der Waals surface area (Å²) in [5, 5.41) is 6.54. The van der Waals surface area contributed by atoms with Crippen molar-refractivity contribution in [2.45, 2.75) is 43.9 Å². The minimum absolute atomic E-state index is 0.0263. The molecular formula is C14H26N2O2S. The predicted molar refractivity (Wildman–Crippen MR) is 79.5 cm³/mol. The zero-order valence-corrected chi connectivity index (χ0v) is 12.9. The van der Waals surface area contributed by atoms with Gasteiger partial charge in [0.15, 0.2) is 0 Å². The Balaban J connectivity index is 1.78. The molecule has 0 aliphatic carbocycles. The van der Waals surface area contributed by atoms with Crippen molar-refractivity contribution in [1.82, 2.24) is 10.6 Å². The molecule has 0 radical (unpaired) electrons. The molecule has 2 aliphatic rings. The molecule has 5 heteroatoms. The molecule has 0 saturated carbocycles. The lowest BCUT2D eigenvalue weighted by atomic mass is 10.0. The Morgan fingerprint density at radius 2 is 2.32 bits per heavy atom. The molecule has 4 nitrogen and oxygen atoms in total. The fourth-order valence-electron chi connectivity index (χ4n) is 2.73. The third-order valence-corrected chi connectivity index (χ3v) is 5.55. The molecule has 2 N–H and O–H groups in total. The van der Waals surface area contributed by atoms with Crippen molar-refractivity contribution < 1.29 is 9.53 Å². The fraction of sp³-hybridized carbons (Fsp3) is 0.929. The van der Waals surface area contributed by atoms with Gasteiger partial charge < -0.3 is 15.4 Å². The van der Waals surface area contributed by atoms with Crippen LogP contribution in [0.15, 0.2) is 0 Å². The van der Waals surface area contributed by atoms with Gasteiger partial charge >= 0.3 is 0 Å². The summed E-state index contributed by atoms with van der Waals surface area (Å²) in [5.74, 6) is 1.35. The van der Waals surface area contributed by atoms with Gasteiger partial charge in [-0.05, 0) is 38.5 Å². The van der Waals surface area contributed by atoms with E-state index in [2.05, 4.69) is 24.5 Å². The number of carbonyl (C=O) groups excluding carboxylic acids is 1. The molecule has 1 amide bonds. The van der Waals surface area contributed by atoms with E-state index in [1.807, 2.05) is 11.8 Å². The third kappa shape index (κ3) is 4.10. The molecule has 0 spiro atoms. The van der Waals surface area contributed by atoms with Crippen LogP contribution in [0.4, 0.5) is 0 Å². The Morgan fingerprint density at radius 3 is 3.00 bits per heavy atom. The maximum absolute atomic E-state index is 12.3. The topological polar surface area (TPSA) is 50.4 Å². The van der Waals surface area contributed by atoms with E-state index in [-0.39, 0.29) is 22.6 Å². The van der Waals surface area contributed by atoms with Crippen molar-refractivity contribution in [3.63, 3.8) is 0 Å². The van der Waals surface area contributed by atoms with Crippen molar-refractivity contribution in [1.29, 1.82) is 0 Å². The number of nitrogens with one attached hydrogen (secondary N) is 2. The number of amides is 1. The first-order valence-corrected chi connectivity index (χ1v) is 8.36. The van der Waals surface area contributed by atoms with Crippen LogP contribution >= 0.6 is 11.8 Å². The zero-order chi connectivity index (χ0) is 13.7. The van der Waals surface area contributed by atoms with E-state index in [1.54, 1.807) is 0 Å². The zero-order valence-electron chi connectivity index (χ0n) is 12.0. The first-order valence-electron chi connectivity index (χ1n) is 7.37. The Morgan fingerprint density at radius 1 is 1.47 bits per heavy atom. The summed E-state index contributed by atoms with van der Waals surface area (Å²) < 4.78 is 5.69. The fourth-order valence-corrected chi connectivity index (χ4v) is 3.97. The van der Waals surface area contributed by atoms with Crippen LogP contribution in [-0.4, -0.2) is 48.8 Å². The average Bonchev–Trinajstić information content (AvgIpc) is 3.03. The molecule has 2 heterocycles. The highest BCUT2D eigenvalue weighted by Gasteiger charge is 2.35. The van der Waals surface area contributed by atoms with Gasteiger partial charge in [-0.3, -0.25) is 4.79 Å². The predicted octanol–water partition coefficient (Wildman–Crippen LogP) is 1.40. The van der Waals surface area contributed by atoms with E-state index >= 15 is 0 Å². The average molecular weight is 286 g/mol. The van der Waals surface area contributed by atoms with Gasteiger partial charge in [-0.25, -0.2) is 0 Å². The standard InChI is InChI=1S/C14H26N2O2S/c1-3-6-15-12-9-18-8-11(12)13(17)16-10-14(2)5-4-7-19-14/h11-12,15H,3-10H2,1-2H3,(H,16,17). The molecule has 2 fully saturated rings. The monoisotopic (exact) mass is 286 g/mol. The molecule has 0 bridgehead atoms. The maximum atomic E-state index is 12.3. The number of carbonyl (C=O) groups is 1. The van der Waals surface area contributed by atoms with Crippen LogP contribution in [0.25, 0.3) is 0 Å². The number of hydrogen-bond acceptors (Lipinski definition) is 4. The summed E-state index contributed by atoms with van der Waals surface area (Å²) in [4.78, 5) is 12.3. The van der Waals surface area contributed by atoms with Gasteiger partial charge in [0.2, 0.25) is 5.91 Å². The molecule has 2 rings (SSSR count). The lowest BCUT2D eigenvalue weighted by Gasteiger charge is -2.25. The normalized spacial score (nSPS) is 34.6. The molecule has 110 valence electrons. The SMILES string of the molecule is CCCNC1COCC1C(=O)NCC1(C)CCCS1. The van der Waals surface area contributed by atoms with Gasteiger partial charge in [0.25, 0.3) is 0 Å². The number of thioether (sulfide) groups is 1. The van der Waals surface area contributed by atoms with E-state index in [4.69, 9.17) is 4.74 Å². The Bertz CT molecular complexity index is 306. The second kappa shape index (κ2) is 6.95. The van der Waals surface area contributed by atoms with E-state index in [9.17, 15) is 4.79 Å². The van der Waals surface area contributed by atoms with Crippen LogP contribution in [0.5, 0.6) is 0 Å². The van der Waals surface area contributed by atoms with E-state index < -0.39 is 0 Å². The second-order valence-corrected chi connectivity index (χ2v) is 7.51. The highest BCUT2D eigenvalue weighted by atomic mass is 32.2. The van der Waals surface area contributed by atoms with Crippen molar-refractivity contribution in [3.05, 3.63) is 0 Å². The van der Waals surface area contributed by atoms with Crippen LogP contribution in [-0.2, 0) is 9.53 Å². The Kier molecular flexibility index (Phi) is 5.54. The summed E-state index contributed by atoms with van der Waals surface area (Å²) in [6, 6.07) is 0.184. The summed E-state index contributed by atoms with van der Waals surface area (Å²) >= 11 is 1.98. The van der Waals surface area contributed by atoms with Crippen molar-refractivity contribution in [2.75, 3.05) is 32.1 Å². The van der Waals surface area contributed by atoms with Gasteiger partial charge in [-0.1, -0.05) is 6.92 Å². The Hall–Kier alpha value is -0.260. The molecule has 0 aromatic carbocycles. The van der Waals surface area contributed by atoms with Crippen molar-refractivity contribution in [2.24, 2.45) is 5.92 Å². The molecule has 0 aromatic heterocycles. The second-order valence-electron chi connectivity index (χ2n) is 5.82. The molecular weight excluding hydrogens is 260 g/mol. The van der Waals surface area contributed by atoms with E-state index in [0.29, 0.717) is 13.2 Å². The van der Waals surface area contributed by atoms with Gasteiger partial charge in [-0.2, -0.15) is 11.8 Å². The van der Waals surface area contributed by atoms with Gasteiger partial charge in [0, 0.05) is 17.3 Å². The third-order valence-electron chi connectivity index (χ3n) is 4.01. The van der Waals surface area contributed by atoms with Gasteiger partial charge in [-0.15, -0.1) is 0 Å². The number of ether oxygens (including phenoxy) is 1. The molecule has 2 saturated heterocycles. The lowest BCUT2D eigenvalue weighted by molar-refractivity contribution is -0.125. The molecule has 3 atom stereocenters. The molecule has 0 aromatic rings. The smallest absolute Gasteiger partial charge is 0.227 e. The quantitative estimate of drug-likeness (QED) is 0.775. The molecule has 2 aliphatic heterocycles. The summed E-state index contributed by atoms with van der Waals surface area (Å²) in [6.45, 7) is 7.33. The maximum Gasteiger partial charge on any atom is 0.227 e. The van der Waals surface area contributed by atoms with Crippen LogP contribution < -0.4 is 10.6 Å². The minimum atomic E-state index is -0.0263. The number of hydrogen-bond donors (Lipinski definition) is 2. The highest BCUT2D eigenvalue weighted by Crippen LogP contribution is 2.37. The van der Waals surface area contributed by atoms with E-state index in [0.717, 1.165) is 19.5 Å². The summed E-state index contributed by atoms with van der Waals surface area (Å²) in [7, 11) is 0. The van der Waals surface area contributed by atoms with Crippen LogP contribution in [0.1, 0.15) is 33.1 Å². The first kappa shape index (κ1) is 15.1. The minimum Gasteiger partial charge on any atom is -0.379 e. The largest absolute Gasteiger partial charge is 0.379 e. The highest BCUT2D eigenvalue weighted by molar-refractivity contribution is 8.00. The van der Waals surface area contributed by atoms with Gasteiger partial charge in [0.1, 0.15) is 0 Å². The van der Waals surface area contributed by atoms with E-state index in [1.165, 1.54) is 18.6 Å². The molecule has 19 heavy (non-hydrogen) atoms. The van der Waals surface area contributed by atoms with Crippen LogP contribution in [0.3, 0.4) is 0 Å². The first-order chi connectivity index (χ1) is 9.14. The van der Waals surface area contributed by atoms with Crippen molar-refractivity contribution in [3.8, 4) is 0 Å². The van der Waals surface area contributed by atoms with Crippen LogP contribution in [0, 0.1) is 5.92 Å². The van der Waals surface area contributed by atoms with Crippen LogP contribution in [0.2, 0.25) is 0 Å².